The number of hydrogen-bond acceptors (Lipinski definition) is 2. The highest BCUT2D eigenvalue weighted by Crippen LogP contribution is 2.14. The average Bonchev–Trinajstić information content (AvgIpc) is 2.41. The summed E-state index contributed by atoms with van der Waals surface area (Å²) in [5.74, 6) is -0.868. The molecule has 20 heavy (non-hydrogen) atoms. The summed E-state index contributed by atoms with van der Waals surface area (Å²) in [6, 6.07) is 8.86. The number of nitrogens with one attached hydrogen (secondary N) is 1. The van der Waals surface area contributed by atoms with E-state index in [1.165, 1.54) is 4.90 Å². The smallest absolute Gasteiger partial charge is 0.322 e. The first-order valence-corrected chi connectivity index (χ1v) is 6.95. The summed E-state index contributed by atoms with van der Waals surface area (Å²) in [4.78, 5) is 24.2. The highest BCUT2D eigenvalue weighted by molar-refractivity contribution is 9.11. The van der Waals surface area contributed by atoms with E-state index < -0.39 is 5.97 Å². The molecule has 0 fully saturated rings. The molecule has 0 saturated heterocycles. The van der Waals surface area contributed by atoms with Crippen molar-refractivity contribution >= 4 is 33.6 Å². The van der Waals surface area contributed by atoms with Crippen molar-refractivity contribution in [1.82, 2.24) is 5.32 Å². The van der Waals surface area contributed by atoms with Crippen LogP contribution >= 0.6 is 15.9 Å². The van der Waals surface area contributed by atoms with Gasteiger partial charge >= 0.3 is 12.0 Å². The normalized spacial score (nSPS) is 9.85. The summed E-state index contributed by atoms with van der Waals surface area (Å²) in [6.07, 6.45) is 0.425. The number of nitrogens with zero attached hydrogens (tertiary/aromatic N) is 1. The Morgan fingerprint density at radius 3 is 2.50 bits per heavy atom. The molecule has 1 aromatic rings. The van der Waals surface area contributed by atoms with Gasteiger partial charge in [-0.2, -0.15) is 0 Å². The Balaban J connectivity index is 2.71. The molecule has 5 nitrogen and oxygen atoms in total. The molecule has 0 radical (unpaired) electrons. The third-order valence-corrected chi connectivity index (χ3v) is 2.80. The number of rotatable bonds is 7. The van der Waals surface area contributed by atoms with E-state index in [1.54, 1.807) is 0 Å². The lowest BCUT2D eigenvalue weighted by molar-refractivity contribution is -0.137. The quantitative estimate of drug-likeness (QED) is 0.801. The van der Waals surface area contributed by atoms with Gasteiger partial charge in [0.15, 0.2) is 0 Å². The van der Waals surface area contributed by atoms with E-state index in [1.807, 2.05) is 30.3 Å². The number of benzene rings is 1. The first-order valence-electron chi connectivity index (χ1n) is 6.16. The Labute approximate surface area is 126 Å². The van der Waals surface area contributed by atoms with Gasteiger partial charge in [0.25, 0.3) is 0 Å². The van der Waals surface area contributed by atoms with E-state index in [0.717, 1.165) is 5.69 Å². The molecule has 0 heterocycles. The van der Waals surface area contributed by atoms with Crippen LogP contribution in [0.5, 0.6) is 0 Å². The first-order chi connectivity index (χ1) is 9.50. The van der Waals surface area contributed by atoms with Crippen molar-refractivity contribution in [3.8, 4) is 0 Å². The van der Waals surface area contributed by atoms with Gasteiger partial charge in [0, 0.05) is 23.1 Å². The Kier molecular flexibility index (Phi) is 6.79. The molecule has 0 bridgehead atoms. The molecule has 1 rings (SSSR count). The summed E-state index contributed by atoms with van der Waals surface area (Å²) < 4.78 is 0.671. The number of aliphatic carboxylic acids is 1. The lowest BCUT2D eigenvalue weighted by Gasteiger charge is -2.23. The van der Waals surface area contributed by atoms with Crippen LogP contribution in [0.4, 0.5) is 10.5 Å². The molecule has 2 amide bonds. The zero-order chi connectivity index (χ0) is 15.0. The molecule has 0 unspecified atom stereocenters. The molecular formula is C14H17BrN2O3. The van der Waals surface area contributed by atoms with Gasteiger partial charge in [-0.15, -0.1) is 0 Å². The lowest BCUT2D eigenvalue weighted by atomic mass is 10.2. The van der Waals surface area contributed by atoms with Gasteiger partial charge in [0.1, 0.15) is 0 Å². The third kappa shape index (κ3) is 5.88. The van der Waals surface area contributed by atoms with Crippen molar-refractivity contribution < 1.29 is 14.7 Å². The number of para-hydroxylation sites is 1. The maximum Gasteiger partial charge on any atom is 0.322 e. The summed E-state index contributed by atoms with van der Waals surface area (Å²) in [5.41, 5.74) is 0.732. The monoisotopic (exact) mass is 340 g/mol. The van der Waals surface area contributed by atoms with Crippen molar-refractivity contribution in [1.29, 1.82) is 0 Å². The Bertz CT molecular complexity index is 477. The minimum absolute atomic E-state index is 0.0295. The van der Waals surface area contributed by atoms with E-state index in [4.69, 9.17) is 5.11 Å². The molecule has 0 saturated carbocycles. The molecule has 6 heteroatoms. The van der Waals surface area contributed by atoms with Crippen molar-refractivity contribution in [3.05, 3.63) is 41.4 Å². The van der Waals surface area contributed by atoms with Gasteiger partial charge in [-0.25, -0.2) is 4.79 Å². The Morgan fingerprint density at radius 2 is 1.95 bits per heavy atom. The minimum atomic E-state index is -0.868. The van der Waals surface area contributed by atoms with E-state index in [9.17, 15) is 9.59 Å². The van der Waals surface area contributed by atoms with E-state index in [-0.39, 0.29) is 12.5 Å². The number of amides is 2. The number of carbonyl (C=O) groups is 2. The topological polar surface area (TPSA) is 69.6 Å². The SMILES string of the molecule is C=C(Br)CNC(=O)N(CCCC(=O)O)c1ccccc1. The van der Waals surface area contributed by atoms with Crippen LogP contribution in [-0.2, 0) is 4.79 Å². The number of carboxylic acids is 1. The summed E-state index contributed by atoms with van der Waals surface area (Å²) in [5, 5.41) is 11.4. The molecule has 0 aliphatic rings. The number of carboxylic acid groups (broad SMARTS) is 1. The van der Waals surface area contributed by atoms with Gasteiger partial charge in [-0.3, -0.25) is 9.69 Å². The maximum atomic E-state index is 12.1. The van der Waals surface area contributed by atoms with Crippen molar-refractivity contribution in [2.45, 2.75) is 12.8 Å². The van der Waals surface area contributed by atoms with Gasteiger partial charge < -0.3 is 10.4 Å². The molecular weight excluding hydrogens is 324 g/mol. The molecule has 0 spiro atoms. The standard InChI is InChI=1S/C14H17BrN2O3/c1-11(15)10-16-14(20)17(9-5-8-13(18)19)12-6-3-2-4-7-12/h2-4,6-7H,1,5,8-10H2,(H,16,20)(H,18,19). The van der Waals surface area contributed by atoms with Crippen molar-refractivity contribution in [3.63, 3.8) is 0 Å². The van der Waals surface area contributed by atoms with Crippen LogP contribution in [-0.4, -0.2) is 30.2 Å². The maximum absolute atomic E-state index is 12.1. The van der Waals surface area contributed by atoms with E-state index in [0.29, 0.717) is 24.0 Å². The van der Waals surface area contributed by atoms with Crippen LogP contribution in [0, 0.1) is 0 Å². The van der Waals surface area contributed by atoms with Crippen LogP contribution in [0.2, 0.25) is 0 Å². The number of urea groups is 1. The molecule has 1 aromatic carbocycles. The third-order valence-electron chi connectivity index (χ3n) is 2.52. The zero-order valence-corrected chi connectivity index (χ0v) is 12.6. The van der Waals surface area contributed by atoms with Crippen molar-refractivity contribution in [2.75, 3.05) is 18.0 Å². The average molecular weight is 341 g/mol. The largest absolute Gasteiger partial charge is 0.481 e. The van der Waals surface area contributed by atoms with E-state index >= 15 is 0 Å². The fourth-order valence-electron chi connectivity index (χ4n) is 1.61. The van der Waals surface area contributed by atoms with Crippen LogP contribution < -0.4 is 10.2 Å². The molecule has 0 aromatic heterocycles. The number of halogens is 1. The van der Waals surface area contributed by atoms with Gasteiger partial charge in [-0.1, -0.05) is 40.7 Å². The fraction of sp³-hybridized carbons (Fsp3) is 0.286. The van der Waals surface area contributed by atoms with Crippen LogP contribution in [0.1, 0.15) is 12.8 Å². The predicted octanol–water partition coefficient (Wildman–Crippen LogP) is 2.98. The van der Waals surface area contributed by atoms with Crippen molar-refractivity contribution in [2.24, 2.45) is 0 Å². The second-order valence-corrected chi connectivity index (χ2v) is 5.28. The lowest BCUT2D eigenvalue weighted by Crippen LogP contribution is -2.41. The number of hydrogen-bond donors (Lipinski definition) is 2. The van der Waals surface area contributed by atoms with Crippen LogP contribution in [0.25, 0.3) is 0 Å². The van der Waals surface area contributed by atoms with E-state index in [2.05, 4.69) is 27.8 Å². The first kappa shape index (κ1) is 16.2. The summed E-state index contributed by atoms with van der Waals surface area (Å²) in [6.45, 7) is 4.31. The Morgan fingerprint density at radius 1 is 1.30 bits per heavy atom. The molecule has 0 aliphatic carbocycles. The second-order valence-electron chi connectivity index (χ2n) is 4.16. The predicted molar refractivity (Wildman–Crippen MR) is 82.1 cm³/mol. The van der Waals surface area contributed by atoms with Crippen LogP contribution in [0.3, 0.4) is 0 Å². The minimum Gasteiger partial charge on any atom is -0.481 e. The summed E-state index contributed by atoms with van der Waals surface area (Å²) in [7, 11) is 0. The molecule has 108 valence electrons. The van der Waals surface area contributed by atoms with Gasteiger partial charge in [0.2, 0.25) is 0 Å². The zero-order valence-electron chi connectivity index (χ0n) is 11.0. The number of carbonyl (C=O) groups excluding carboxylic acids is 1. The summed E-state index contributed by atoms with van der Waals surface area (Å²) >= 11 is 3.17. The highest BCUT2D eigenvalue weighted by atomic mass is 79.9. The van der Waals surface area contributed by atoms with Crippen LogP contribution in [0.15, 0.2) is 41.4 Å². The molecule has 0 aliphatic heterocycles. The van der Waals surface area contributed by atoms with Gasteiger partial charge in [0.05, 0.1) is 6.54 Å². The second kappa shape index (κ2) is 8.37. The highest BCUT2D eigenvalue weighted by Gasteiger charge is 2.15. The molecule has 2 N–H and O–H groups in total. The van der Waals surface area contributed by atoms with Gasteiger partial charge in [-0.05, 0) is 18.6 Å². The number of anilines is 1. The Hall–Kier alpha value is -1.82. The molecule has 0 atom stereocenters. The fourth-order valence-corrected chi connectivity index (χ4v) is 1.75.